The Kier molecular flexibility index (Phi) is 12.8. The summed E-state index contributed by atoms with van der Waals surface area (Å²) in [6.45, 7) is 3.66. The van der Waals surface area contributed by atoms with Crippen molar-refractivity contribution in [2.45, 2.75) is 57.8 Å². The molecule has 0 fully saturated rings. The van der Waals surface area contributed by atoms with Crippen molar-refractivity contribution in [1.29, 1.82) is 0 Å². The average Bonchev–Trinajstić information content (AvgIpc) is 2.34. The summed E-state index contributed by atoms with van der Waals surface area (Å²) >= 11 is 0. The Morgan fingerprint density at radius 3 is 2.22 bits per heavy atom. The van der Waals surface area contributed by atoms with Crippen molar-refractivity contribution in [1.82, 2.24) is 0 Å². The van der Waals surface area contributed by atoms with Crippen LogP contribution in [0.15, 0.2) is 37.0 Å². The second kappa shape index (κ2) is 13.8. The molecule has 0 saturated heterocycles. The van der Waals surface area contributed by atoms with E-state index < -0.39 is 5.97 Å². The maximum absolute atomic E-state index is 10.3. The molecule has 0 spiro atoms. The molecular formula is C16H26O2. The highest BCUT2D eigenvalue weighted by atomic mass is 16.4. The molecule has 2 nitrogen and oxygen atoms in total. The number of unbranched alkanes of at least 4 members (excludes halogenated alkanes) is 5. The molecule has 1 N–H and O–H groups in total. The normalized spacial score (nSPS) is 11.3. The largest absolute Gasteiger partial charge is 0.481 e. The maximum Gasteiger partial charge on any atom is 0.303 e. The summed E-state index contributed by atoms with van der Waals surface area (Å²) in [6.07, 6.45) is 19.4. The molecule has 0 saturated carbocycles. The van der Waals surface area contributed by atoms with Crippen LogP contribution < -0.4 is 0 Å². The van der Waals surface area contributed by atoms with Crippen LogP contribution in [0.4, 0.5) is 0 Å². The van der Waals surface area contributed by atoms with Gasteiger partial charge in [0.2, 0.25) is 0 Å². The molecule has 0 atom stereocenters. The molecule has 0 amide bonds. The highest BCUT2D eigenvalue weighted by Crippen LogP contribution is 2.07. The summed E-state index contributed by atoms with van der Waals surface area (Å²) < 4.78 is 0. The van der Waals surface area contributed by atoms with Gasteiger partial charge in [-0.15, -0.1) is 6.58 Å². The van der Waals surface area contributed by atoms with E-state index in [1.807, 2.05) is 6.08 Å². The number of rotatable bonds is 12. The Hall–Kier alpha value is -1.31. The molecular weight excluding hydrogens is 224 g/mol. The minimum Gasteiger partial charge on any atom is -0.481 e. The molecule has 0 aliphatic rings. The fourth-order valence-electron chi connectivity index (χ4n) is 1.65. The molecule has 18 heavy (non-hydrogen) atoms. The third-order valence-corrected chi connectivity index (χ3v) is 2.67. The first kappa shape index (κ1) is 16.7. The monoisotopic (exact) mass is 250 g/mol. The minimum absolute atomic E-state index is 0.316. The van der Waals surface area contributed by atoms with Gasteiger partial charge in [-0.2, -0.15) is 0 Å². The van der Waals surface area contributed by atoms with E-state index in [4.69, 9.17) is 5.11 Å². The van der Waals surface area contributed by atoms with E-state index in [0.29, 0.717) is 6.42 Å². The van der Waals surface area contributed by atoms with Crippen molar-refractivity contribution in [3.63, 3.8) is 0 Å². The summed E-state index contributed by atoms with van der Waals surface area (Å²) in [6, 6.07) is 0. The summed E-state index contributed by atoms with van der Waals surface area (Å²) in [4.78, 5) is 10.3. The van der Waals surface area contributed by atoms with Crippen LogP contribution in [-0.2, 0) is 4.79 Å². The van der Waals surface area contributed by atoms with Crippen LogP contribution in [0.1, 0.15) is 57.8 Å². The number of hydrogen-bond acceptors (Lipinski definition) is 1. The van der Waals surface area contributed by atoms with Crippen LogP contribution >= 0.6 is 0 Å². The Balaban J connectivity index is 3.17. The molecule has 102 valence electrons. The molecule has 0 aromatic heterocycles. The molecule has 0 bridgehead atoms. The number of allylic oxidation sites excluding steroid dienone is 5. The molecule has 0 aliphatic carbocycles. The smallest absolute Gasteiger partial charge is 0.303 e. The van der Waals surface area contributed by atoms with Gasteiger partial charge in [0.1, 0.15) is 0 Å². The quantitative estimate of drug-likeness (QED) is 0.396. The van der Waals surface area contributed by atoms with Gasteiger partial charge >= 0.3 is 5.97 Å². The third kappa shape index (κ3) is 14.7. The second-order valence-electron chi connectivity index (χ2n) is 4.40. The Labute approximate surface area is 111 Å². The second-order valence-corrected chi connectivity index (χ2v) is 4.40. The van der Waals surface area contributed by atoms with E-state index in [2.05, 4.69) is 30.9 Å². The van der Waals surface area contributed by atoms with E-state index in [1.165, 1.54) is 12.8 Å². The lowest BCUT2D eigenvalue weighted by Crippen LogP contribution is -1.93. The number of aliphatic carboxylic acids is 1. The molecule has 0 aliphatic heterocycles. The van der Waals surface area contributed by atoms with Crippen molar-refractivity contribution < 1.29 is 9.90 Å². The number of hydrogen-bond donors (Lipinski definition) is 1. The Morgan fingerprint density at radius 1 is 0.889 bits per heavy atom. The van der Waals surface area contributed by atoms with Gasteiger partial charge in [-0.1, -0.05) is 49.6 Å². The highest BCUT2D eigenvalue weighted by Gasteiger charge is 1.95. The van der Waals surface area contributed by atoms with Gasteiger partial charge in [-0.25, -0.2) is 0 Å². The minimum atomic E-state index is -0.678. The lowest BCUT2D eigenvalue weighted by Gasteiger charge is -1.98. The predicted molar refractivity (Wildman–Crippen MR) is 77.7 cm³/mol. The van der Waals surface area contributed by atoms with E-state index in [0.717, 1.165) is 38.5 Å². The lowest BCUT2D eigenvalue weighted by atomic mass is 10.1. The first-order valence-electron chi connectivity index (χ1n) is 6.90. The first-order chi connectivity index (χ1) is 8.77. The van der Waals surface area contributed by atoms with Crippen molar-refractivity contribution in [3.8, 4) is 0 Å². The summed E-state index contributed by atoms with van der Waals surface area (Å²) in [5, 5.41) is 8.47. The van der Waals surface area contributed by atoms with Crippen molar-refractivity contribution in [2.75, 3.05) is 0 Å². The summed E-state index contributed by atoms with van der Waals surface area (Å²) in [5.41, 5.74) is 0. The van der Waals surface area contributed by atoms with Crippen LogP contribution in [0.2, 0.25) is 0 Å². The zero-order chi connectivity index (χ0) is 13.5. The van der Waals surface area contributed by atoms with Crippen LogP contribution in [-0.4, -0.2) is 11.1 Å². The van der Waals surface area contributed by atoms with Gasteiger partial charge < -0.3 is 5.11 Å². The highest BCUT2D eigenvalue weighted by molar-refractivity contribution is 5.66. The number of carboxylic acid groups (broad SMARTS) is 1. The van der Waals surface area contributed by atoms with E-state index >= 15 is 0 Å². The van der Waals surface area contributed by atoms with Crippen LogP contribution in [0.5, 0.6) is 0 Å². The number of carbonyl (C=O) groups is 1. The Bertz CT molecular complexity index is 264. The van der Waals surface area contributed by atoms with E-state index in [1.54, 1.807) is 0 Å². The van der Waals surface area contributed by atoms with Gasteiger partial charge in [0, 0.05) is 6.42 Å². The molecule has 0 aromatic rings. The summed E-state index contributed by atoms with van der Waals surface area (Å²) in [5.74, 6) is -0.678. The predicted octanol–water partition coefficient (Wildman–Crippen LogP) is 4.88. The van der Waals surface area contributed by atoms with Crippen LogP contribution in [0.3, 0.4) is 0 Å². The SMILES string of the molecule is C=CC/C=C/C/C=C/CCCCCCCC(=O)O. The zero-order valence-corrected chi connectivity index (χ0v) is 11.3. The van der Waals surface area contributed by atoms with Crippen LogP contribution in [0, 0.1) is 0 Å². The first-order valence-corrected chi connectivity index (χ1v) is 6.90. The average molecular weight is 250 g/mol. The number of carboxylic acids is 1. The van der Waals surface area contributed by atoms with Gasteiger partial charge in [0.25, 0.3) is 0 Å². The van der Waals surface area contributed by atoms with E-state index in [-0.39, 0.29) is 0 Å². The molecule has 0 aromatic carbocycles. The van der Waals surface area contributed by atoms with Crippen molar-refractivity contribution >= 4 is 5.97 Å². The Morgan fingerprint density at radius 2 is 1.50 bits per heavy atom. The molecule has 0 rings (SSSR count). The third-order valence-electron chi connectivity index (χ3n) is 2.67. The zero-order valence-electron chi connectivity index (χ0n) is 11.3. The van der Waals surface area contributed by atoms with Crippen molar-refractivity contribution in [2.24, 2.45) is 0 Å². The van der Waals surface area contributed by atoms with Gasteiger partial charge in [0.05, 0.1) is 0 Å². The van der Waals surface area contributed by atoms with Gasteiger partial charge in [-0.05, 0) is 32.1 Å². The van der Waals surface area contributed by atoms with E-state index in [9.17, 15) is 4.79 Å². The van der Waals surface area contributed by atoms with Crippen molar-refractivity contribution in [3.05, 3.63) is 37.0 Å². The molecule has 2 heteroatoms. The molecule has 0 unspecified atom stereocenters. The molecule has 0 radical (unpaired) electrons. The fraction of sp³-hybridized carbons (Fsp3) is 0.562. The molecule has 0 heterocycles. The fourth-order valence-corrected chi connectivity index (χ4v) is 1.65. The standard InChI is InChI=1S/C16H26O2/c1-2-3-4-5-6-7-8-9-10-11-12-13-14-15-16(17)18/h2,4-5,7-8H,1,3,6,9-15H2,(H,17,18)/b5-4+,8-7+. The van der Waals surface area contributed by atoms with Crippen LogP contribution in [0.25, 0.3) is 0 Å². The summed E-state index contributed by atoms with van der Waals surface area (Å²) in [7, 11) is 0. The lowest BCUT2D eigenvalue weighted by molar-refractivity contribution is -0.137. The topological polar surface area (TPSA) is 37.3 Å². The van der Waals surface area contributed by atoms with Gasteiger partial charge in [0.15, 0.2) is 0 Å². The maximum atomic E-state index is 10.3. The van der Waals surface area contributed by atoms with Gasteiger partial charge in [-0.3, -0.25) is 4.79 Å².